The van der Waals surface area contributed by atoms with Crippen LogP contribution in [0.25, 0.3) is 0 Å². The Balaban J connectivity index is 2.81. The van der Waals surface area contributed by atoms with Gasteiger partial charge in [0.05, 0.1) is 10.7 Å². The molecule has 1 atom stereocenters. The molecule has 2 nitrogen and oxygen atoms in total. The van der Waals surface area contributed by atoms with Gasteiger partial charge in [0.2, 0.25) is 0 Å². The highest BCUT2D eigenvalue weighted by Gasteiger charge is 2.01. The number of halogens is 1. The van der Waals surface area contributed by atoms with E-state index in [1.165, 1.54) is 0 Å². The summed E-state index contributed by atoms with van der Waals surface area (Å²) in [6.45, 7) is 2.05. The summed E-state index contributed by atoms with van der Waals surface area (Å²) in [4.78, 5) is 4.15. The first-order valence-electron chi connectivity index (χ1n) is 3.52. The number of hydrogen-bond acceptors (Lipinski definition) is 2. The number of hydrogen-bond donors (Lipinski definition) is 1. The number of rotatable bonds is 2. The Morgan fingerprint density at radius 3 is 2.73 bits per heavy atom. The summed E-state index contributed by atoms with van der Waals surface area (Å²) in [5.74, 6) is 0. The second kappa shape index (κ2) is 3.69. The van der Waals surface area contributed by atoms with Crippen LogP contribution in [0.5, 0.6) is 0 Å². The van der Waals surface area contributed by atoms with E-state index >= 15 is 0 Å². The number of aromatic nitrogens is 1. The van der Waals surface area contributed by atoms with Crippen molar-refractivity contribution in [2.45, 2.75) is 13.0 Å². The van der Waals surface area contributed by atoms with Gasteiger partial charge < -0.3 is 5.32 Å². The highest BCUT2D eigenvalue weighted by Crippen LogP contribution is 2.11. The molecule has 11 heavy (non-hydrogen) atoms. The maximum atomic E-state index is 5.68. The normalized spacial score (nSPS) is 13.0. The van der Waals surface area contributed by atoms with Crippen LogP contribution in [0.1, 0.15) is 18.7 Å². The van der Waals surface area contributed by atoms with Gasteiger partial charge in [-0.3, -0.25) is 4.98 Å². The fourth-order valence-electron chi connectivity index (χ4n) is 0.791. The zero-order chi connectivity index (χ0) is 8.27. The van der Waals surface area contributed by atoms with E-state index in [9.17, 15) is 0 Å². The minimum Gasteiger partial charge on any atom is -0.312 e. The maximum Gasteiger partial charge on any atom is 0.0589 e. The lowest BCUT2D eigenvalue weighted by Gasteiger charge is -2.08. The van der Waals surface area contributed by atoms with Gasteiger partial charge in [0, 0.05) is 12.2 Å². The van der Waals surface area contributed by atoms with Gasteiger partial charge in [0.25, 0.3) is 0 Å². The first kappa shape index (κ1) is 8.50. The molecule has 3 heteroatoms. The lowest BCUT2D eigenvalue weighted by Crippen LogP contribution is -2.13. The fourth-order valence-corrected chi connectivity index (χ4v) is 0.903. The molecule has 0 amide bonds. The van der Waals surface area contributed by atoms with E-state index in [1.807, 2.05) is 19.2 Å². The van der Waals surface area contributed by atoms with Crippen LogP contribution in [-0.2, 0) is 0 Å². The molecule has 0 unspecified atom stereocenters. The van der Waals surface area contributed by atoms with Gasteiger partial charge in [-0.25, -0.2) is 0 Å². The van der Waals surface area contributed by atoms with Crippen LogP contribution in [0.4, 0.5) is 0 Å². The van der Waals surface area contributed by atoms with Crippen molar-refractivity contribution in [2.75, 3.05) is 7.05 Å². The van der Waals surface area contributed by atoms with Crippen molar-refractivity contribution in [2.24, 2.45) is 0 Å². The fraction of sp³-hybridized carbons (Fsp3) is 0.375. The Labute approximate surface area is 71.6 Å². The Kier molecular flexibility index (Phi) is 2.85. The van der Waals surface area contributed by atoms with Crippen LogP contribution in [-0.4, -0.2) is 12.0 Å². The van der Waals surface area contributed by atoms with Crippen molar-refractivity contribution in [3.8, 4) is 0 Å². The summed E-state index contributed by atoms with van der Waals surface area (Å²) in [6.07, 6.45) is 1.66. The van der Waals surface area contributed by atoms with Crippen molar-refractivity contribution in [1.29, 1.82) is 0 Å². The number of pyridine rings is 1. The van der Waals surface area contributed by atoms with Crippen molar-refractivity contribution in [1.82, 2.24) is 10.3 Å². The van der Waals surface area contributed by atoms with E-state index in [-0.39, 0.29) is 6.04 Å². The molecule has 0 spiro atoms. The lowest BCUT2D eigenvalue weighted by atomic mass is 10.2. The lowest BCUT2D eigenvalue weighted by molar-refractivity contribution is 0.633. The SMILES string of the molecule is CN[C@H](C)c1ccc(Cl)cn1. The molecule has 1 aromatic heterocycles. The average Bonchev–Trinajstić information content (AvgIpc) is 2.05. The maximum absolute atomic E-state index is 5.68. The van der Waals surface area contributed by atoms with E-state index in [0.717, 1.165) is 5.69 Å². The Morgan fingerprint density at radius 1 is 1.55 bits per heavy atom. The Bertz CT molecular complexity index is 220. The third-order valence-electron chi connectivity index (χ3n) is 1.63. The van der Waals surface area contributed by atoms with E-state index < -0.39 is 0 Å². The quantitative estimate of drug-likeness (QED) is 0.735. The van der Waals surface area contributed by atoms with E-state index in [1.54, 1.807) is 6.20 Å². The molecular weight excluding hydrogens is 160 g/mol. The van der Waals surface area contributed by atoms with Crippen LogP contribution in [0.15, 0.2) is 18.3 Å². The van der Waals surface area contributed by atoms with E-state index in [4.69, 9.17) is 11.6 Å². The molecule has 0 bridgehead atoms. The Morgan fingerprint density at radius 2 is 2.27 bits per heavy atom. The molecule has 60 valence electrons. The molecule has 0 saturated carbocycles. The number of nitrogens with one attached hydrogen (secondary N) is 1. The molecule has 0 radical (unpaired) electrons. The molecule has 1 heterocycles. The summed E-state index contributed by atoms with van der Waals surface area (Å²) in [5.41, 5.74) is 1.01. The second-order valence-corrected chi connectivity index (χ2v) is 2.85. The van der Waals surface area contributed by atoms with Gasteiger partial charge in [0.15, 0.2) is 0 Å². The number of nitrogens with zero attached hydrogens (tertiary/aromatic N) is 1. The highest BCUT2D eigenvalue weighted by molar-refractivity contribution is 6.30. The van der Waals surface area contributed by atoms with Crippen LogP contribution in [0, 0.1) is 0 Å². The van der Waals surface area contributed by atoms with Gasteiger partial charge in [-0.2, -0.15) is 0 Å². The molecule has 1 aromatic rings. The monoisotopic (exact) mass is 170 g/mol. The third-order valence-corrected chi connectivity index (χ3v) is 1.85. The molecule has 0 fully saturated rings. The molecule has 0 aromatic carbocycles. The molecule has 0 aliphatic carbocycles. The van der Waals surface area contributed by atoms with Crippen LogP contribution in [0.3, 0.4) is 0 Å². The van der Waals surface area contributed by atoms with Crippen molar-refractivity contribution >= 4 is 11.6 Å². The minimum absolute atomic E-state index is 0.285. The minimum atomic E-state index is 0.285. The van der Waals surface area contributed by atoms with E-state index in [0.29, 0.717) is 5.02 Å². The molecule has 1 N–H and O–H groups in total. The van der Waals surface area contributed by atoms with Gasteiger partial charge in [-0.15, -0.1) is 0 Å². The summed E-state index contributed by atoms with van der Waals surface area (Å²) >= 11 is 5.68. The molecule has 0 aliphatic rings. The average molecular weight is 171 g/mol. The highest BCUT2D eigenvalue weighted by atomic mass is 35.5. The van der Waals surface area contributed by atoms with Crippen molar-refractivity contribution in [3.63, 3.8) is 0 Å². The molecule has 1 rings (SSSR count). The topological polar surface area (TPSA) is 24.9 Å². The standard InChI is InChI=1S/C8H11ClN2/c1-6(10-2)8-4-3-7(9)5-11-8/h3-6,10H,1-2H3/t6-/m1/s1. The van der Waals surface area contributed by atoms with Gasteiger partial charge >= 0.3 is 0 Å². The zero-order valence-corrected chi connectivity index (χ0v) is 7.39. The van der Waals surface area contributed by atoms with E-state index in [2.05, 4.69) is 17.2 Å². The van der Waals surface area contributed by atoms with Crippen molar-refractivity contribution in [3.05, 3.63) is 29.0 Å². The summed E-state index contributed by atoms with van der Waals surface area (Å²) in [5, 5.41) is 3.77. The second-order valence-electron chi connectivity index (χ2n) is 2.41. The third kappa shape index (κ3) is 2.17. The smallest absolute Gasteiger partial charge is 0.0589 e. The Hall–Kier alpha value is -0.600. The molecule has 0 saturated heterocycles. The summed E-state index contributed by atoms with van der Waals surface area (Å²) < 4.78 is 0. The first-order chi connectivity index (χ1) is 5.24. The predicted molar refractivity (Wildman–Crippen MR) is 46.7 cm³/mol. The largest absolute Gasteiger partial charge is 0.312 e. The van der Waals surface area contributed by atoms with Crippen LogP contribution in [0.2, 0.25) is 5.02 Å². The molecular formula is C8H11ClN2. The van der Waals surface area contributed by atoms with Gasteiger partial charge in [-0.1, -0.05) is 11.6 Å². The van der Waals surface area contributed by atoms with Crippen LogP contribution < -0.4 is 5.32 Å². The summed E-state index contributed by atoms with van der Waals surface area (Å²) in [7, 11) is 1.90. The predicted octanol–water partition coefficient (Wildman–Crippen LogP) is 2.02. The summed E-state index contributed by atoms with van der Waals surface area (Å²) in [6, 6.07) is 4.05. The zero-order valence-electron chi connectivity index (χ0n) is 6.63. The first-order valence-corrected chi connectivity index (χ1v) is 3.90. The molecule has 0 aliphatic heterocycles. The van der Waals surface area contributed by atoms with Gasteiger partial charge in [0.1, 0.15) is 0 Å². The van der Waals surface area contributed by atoms with Crippen molar-refractivity contribution < 1.29 is 0 Å². The van der Waals surface area contributed by atoms with Crippen LogP contribution >= 0.6 is 11.6 Å². The van der Waals surface area contributed by atoms with Gasteiger partial charge in [-0.05, 0) is 26.1 Å².